The van der Waals surface area contributed by atoms with Crippen LogP contribution in [0, 0.1) is 0 Å². The van der Waals surface area contributed by atoms with Crippen molar-refractivity contribution in [2.24, 2.45) is 0 Å². The average molecular weight is 194 g/mol. The fourth-order valence-corrected chi connectivity index (χ4v) is 1.20. The minimum absolute atomic E-state index is 0.318. The van der Waals surface area contributed by atoms with E-state index in [4.69, 9.17) is 10.5 Å². The Labute approximate surface area is 85.3 Å². The summed E-state index contributed by atoms with van der Waals surface area (Å²) in [5.41, 5.74) is 7.45. The van der Waals surface area contributed by atoms with E-state index < -0.39 is 0 Å². The van der Waals surface area contributed by atoms with Gasteiger partial charge < -0.3 is 15.8 Å². The summed E-state index contributed by atoms with van der Waals surface area (Å²) in [6, 6.07) is 8.03. The molecule has 0 bridgehead atoms. The molecule has 1 aromatic rings. The van der Waals surface area contributed by atoms with E-state index in [-0.39, 0.29) is 0 Å². The van der Waals surface area contributed by atoms with Gasteiger partial charge in [0.15, 0.2) is 0 Å². The Morgan fingerprint density at radius 3 is 2.57 bits per heavy atom. The van der Waals surface area contributed by atoms with Gasteiger partial charge in [-0.1, -0.05) is 0 Å². The van der Waals surface area contributed by atoms with Crippen molar-refractivity contribution in [2.75, 3.05) is 24.3 Å². The summed E-state index contributed by atoms with van der Waals surface area (Å²) >= 11 is 0. The molecule has 1 atom stereocenters. The van der Waals surface area contributed by atoms with E-state index in [2.05, 4.69) is 12.2 Å². The van der Waals surface area contributed by atoms with Crippen LogP contribution in [0.4, 0.5) is 11.4 Å². The average Bonchev–Trinajstić information content (AvgIpc) is 2.18. The van der Waals surface area contributed by atoms with Gasteiger partial charge in [0.25, 0.3) is 0 Å². The van der Waals surface area contributed by atoms with Crippen LogP contribution in [0.15, 0.2) is 24.3 Å². The second-order valence-corrected chi connectivity index (χ2v) is 3.33. The molecule has 0 aliphatic carbocycles. The Bertz CT molecular complexity index is 258. The predicted molar refractivity (Wildman–Crippen MR) is 60.4 cm³/mol. The molecule has 1 rings (SSSR count). The van der Waals surface area contributed by atoms with Crippen LogP contribution >= 0.6 is 0 Å². The lowest BCUT2D eigenvalue weighted by Crippen LogP contribution is -2.21. The first-order valence-electron chi connectivity index (χ1n) is 4.92. The Kier molecular flexibility index (Phi) is 4.26. The van der Waals surface area contributed by atoms with Crippen LogP contribution in [0.5, 0.6) is 0 Å². The lowest BCUT2D eigenvalue weighted by molar-refractivity contribution is 0.141. The Hall–Kier alpha value is -1.22. The molecule has 3 N–H and O–H groups in total. The molecule has 1 aromatic carbocycles. The molecule has 0 heterocycles. The van der Waals surface area contributed by atoms with Crippen molar-refractivity contribution in [3.8, 4) is 0 Å². The highest BCUT2D eigenvalue weighted by atomic mass is 16.5. The summed E-state index contributed by atoms with van der Waals surface area (Å²) in [4.78, 5) is 0. The third-order valence-corrected chi connectivity index (χ3v) is 1.90. The maximum absolute atomic E-state index is 5.59. The maximum Gasteiger partial charge on any atom is 0.0664 e. The van der Waals surface area contributed by atoms with Crippen LogP contribution < -0.4 is 11.1 Å². The van der Waals surface area contributed by atoms with Gasteiger partial charge in [-0.3, -0.25) is 0 Å². The summed E-state index contributed by atoms with van der Waals surface area (Å²) in [7, 11) is 0. The number of anilines is 2. The number of ether oxygens (including phenoxy) is 1. The van der Waals surface area contributed by atoms with Crippen LogP contribution in [-0.4, -0.2) is 19.3 Å². The van der Waals surface area contributed by atoms with Crippen molar-refractivity contribution >= 4 is 11.4 Å². The number of nitrogens with two attached hydrogens (primary N) is 1. The van der Waals surface area contributed by atoms with Crippen molar-refractivity contribution in [1.82, 2.24) is 0 Å². The second kappa shape index (κ2) is 5.50. The molecule has 14 heavy (non-hydrogen) atoms. The van der Waals surface area contributed by atoms with E-state index in [0.717, 1.165) is 24.6 Å². The molecule has 0 spiro atoms. The molecule has 0 fully saturated rings. The molecule has 0 amide bonds. The van der Waals surface area contributed by atoms with Gasteiger partial charge in [0.1, 0.15) is 0 Å². The highest BCUT2D eigenvalue weighted by Crippen LogP contribution is 2.11. The summed E-state index contributed by atoms with van der Waals surface area (Å²) in [5, 5.41) is 3.32. The van der Waals surface area contributed by atoms with E-state index in [1.807, 2.05) is 31.2 Å². The van der Waals surface area contributed by atoms with E-state index in [9.17, 15) is 0 Å². The summed E-state index contributed by atoms with van der Waals surface area (Å²) < 4.78 is 5.30. The molecule has 0 saturated heterocycles. The minimum atomic E-state index is 0.318. The summed E-state index contributed by atoms with van der Waals surface area (Å²) in [6.07, 6.45) is 0. The quantitative estimate of drug-likeness (QED) is 0.706. The normalized spacial score (nSPS) is 12.4. The molecular weight excluding hydrogens is 176 g/mol. The van der Waals surface area contributed by atoms with Crippen LogP contribution in [-0.2, 0) is 4.74 Å². The first-order valence-corrected chi connectivity index (χ1v) is 4.92. The van der Waals surface area contributed by atoms with Crippen molar-refractivity contribution in [1.29, 1.82) is 0 Å². The standard InChI is InChI=1S/C11H18N2O/c1-3-14-8-9(2)13-11-6-4-10(12)5-7-11/h4-7,9,13H,3,8,12H2,1-2H3. The van der Waals surface area contributed by atoms with Gasteiger partial charge in [0.2, 0.25) is 0 Å². The predicted octanol–water partition coefficient (Wildman–Crippen LogP) is 2.11. The lowest BCUT2D eigenvalue weighted by atomic mass is 10.2. The highest BCUT2D eigenvalue weighted by Gasteiger charge is 2.00. The summed E-state index contributed by atoms with van der Waals surface area (Å²) in [6.45, 7) is 5.57. The van der Waals surface area contributed by atoms with Gasteiger partial charge in [-0.15, -0.1) is 0 Å². The minimum Gasteiger partial charge on any atom is -0.399 e. The second-order valence-electron chi connectivity index (χ2n) is 3.33. The fourth-order valence-electron chi connectivity index (χ4n) is 1.20. The molecule has 3 nitrogen and oxygen atoms in total. The van der Waals surface area contributed by atoms with Gasteiger partial charge in [0.05, 0.1) is 6.61 Å². The smallest absolute Gasteiger partial charge is 0.0664 e. The molecule has 0 saturated carbocycles. The molecule has 0 aliphatic heterocycles. The van der Waals surface area contributed by atoms with E-state index >= 15 is 0 Å². The molecule has 78 valence electrons. The Morgan fingerprint density at radius 1 is 1.36 bits per heavy atom. The van der Waals surface area contributed by atoms with Gasteiger partial charge >= 0.3 is 0 Å². The van der Waals surface area contributed by atoms with Gasteiger partial charge in [0, 0.05) is 24.0 Å². The monoisotopic (exact) mass is 194 g/mol. The third-order valence-electron chi connectivity index (χ3n) is 1.90. The zero-order valence-corrected chi connectivity index (χ0v) is 8.79. The largest absolute Gasteiger partial charge is 0.399 e. The molecule has 3 heteroatoms. The Morgan fingerprint density at radius 2 is 2.00 bits per heavy atom. The van der Waals surface area contributed by atoms with Crippen LogP contribution in [0.3, 0.4) is 0 Å². The van der Waals surface area contributed by atoms with Gasteiger partial charge in [-0.05, 0) is 38.1 Å². The third kappa shape index (κ3) is 3.66. The Balaban J connectivity index is 2.39. The van der Waals surface area contributed by atoms with Crippen LogP contribution in [0.2, 0.25) is 0 Å². The first-order chi connectivity index (χ1) is 6.72. The highest BCUT2D eigenvalue weighted by molar-refractivity contribution is 5.51. The number of rotatable bonds is 5. The lowest BCUT2D eigenvalue weighted by Gasteiger charge is -2.14. The number of hydrogen-bond donors (Lipinski definition) is 2. The fraction of sp³-hybridized carbons (Fsp3) is 0.455. The molecule has 0 radical (unpaired) electrons. The molecule has 0 aliphatic rings. The molecule has 1 unspecified atom stereocenters. The van der Waals surface area contributed by atoms with Crippen molar-refractivity contribution in [3.05, 3.63) is 24.3 Å². The van der Waals surface area contributed by atoms with Crippen LogP contribution in [0.1, 0.15) is 13.8 Å². The zero-order chi connectivity index (χ0) is 10.4. The van der Waals surface area contributed by atoms with Crippen molar-refractivity contribution < 1.29 is 4.74 Å². The number of benzene rings is 1. The number of nitrogen functional groups attached to an aromatic ring is 1. The van der Waals surface area contributed by atoms with E-state index in [1.165, 1.54) is 0 Å². The topological polar surface area (TPSA) is 47.3 Å². The first kappa shape index (κ1) is 10.9. The van der Waals surface area contributed by atoms with E-state index in [1.54, 1.807) is 0 Å². The van der Waals surface area contributed by atoms with E-state index in [0.29, 0.717) is 6.04 Å². The maximum atomic E-state index is 5.59. The van der Waals surface area contributed by atoms with Crippen molar-refractivity contribution in [3.63, 3.8) is 0 Å². The molecular formula is C11H18N2O. The van der Waals surface area contributed by atoms with Crippen LogP contribution in [0.25, 0.3) is 0 Å². The summed E-state index contributed by atoms with van der Waals surface area (Å²) in [5.74, 6) is 0. The molecule has 0 aromatic heterocycles. The van der Waals surface area contributed by atoms with Crippen molar-refractivity contribution in [2.45, 2.75) is 19.9 Å². The number of nitrogens with one attached hydrogen (secondary N) is 1. The van der Waals surface area contributed by atoms with Gasteiger partial charge in [-0.2, -0.15) is 0 Å². The SMILES string of the molecule is CCOCC(C)Nc1ccc(N)cc1. The zero-order valence-electron chi connectivity index (χ0n) is 8.79. The van der Waals surface area contributed by atoms with Gasteiger partial charge in [-0.25, -0.2) is 0 Å². The number of hydrogen-bond acceptors (Lipinski definition) is 3.